The summed E-state index contributed by atoms with van der Waals surface area (Å²) >= 11 is 0. The van der Waals surface area contributed by atoms with Gasteiger partial charge < -0.3 is 5.32 Å². The van der Waals surface area contributed by atoms with Gasteiger partial charge in [0.15, 0.2) is 0 Å². The van der Waals surface area contributed by atoms with E-state index in [-0.39, 0.29) is 5.54 Å². The lowest BCUT2D eigenvalue weighted by Gasteiger charge is -2.43. The second kappa shape index (κ2) is 6.23. The van der Waals surface area contributed by atoms with Gasteiger partial charge in [-0.3, -0.25) is 4.90 Å². The minimum Gasteiger partial charge on any atom is -0.368 e. The molecule has 1 fully saturated rings. The maximum atomic E-state index is 8.87. The summed E-state index contributed by atoms with van der Waals surface area (Å²) in [4.78, 5) is 6.82. The van der Waals surface area contributed by atoms with Crippen LogP contribution in [-0.4, -0.2) is 35.1 Å². The standard InChI is InChI=1S/C16H24N4/c1-13-6-5-9-20(11-13)16(2,3)12-18-15-8-4-7-14(10-17)19-15/h4,7-8,13H,5-6,9,11-12H2,1-3H3,(H,18,19). The predicted molar refractivity (Wildman–Crippen MR) is 81.5 cm³/mol. The molecule has 0 spiro atoms. The first-order valence-corrected chi connectivity index (χ1v) is 7.37. The van der Waals surface area contributed by atoms with Crippen LogP contribution in [0, 0.1) is 17.2 Å². The summed E-state index contributed by atoms with van der Waals surface area (Å²) in [7, 11) is 0. The van der Waals surface area contributed by atoms with Gasteiger partial charge in [-0.1, -0.05) is 13.0 Å². The molecule has 1 atom stereocenters. The van der Waals surface area contributed by atoms with E-state index >= 15 is 0 Å². The predicted octanol–water partition coefficient (Wildman–Crippen LogP) is 2.88. The van der Waals surface area contributed by atoms with Crippen LogP contribution in [0.2, 0.25) is 0 Å². The van der Waals surface area contributed by atoms with Crippen LogP contribution in [0.3, 0.4) is 0 Å². The van der Waals surface area contributed by atoms with Crippen LogP contribution in [0.25, 0.3) is 0 Å². The summed E-state index contributed by atoms with van der Waals surface area (Å²) in [5.74, 6) is 1.56. The SMILES string of the molecule is CC1CCCN(C(C)(C)CNc2cccc(C#N)n2)C1. The Balaban J connectivity index is 1.96. The first-order valence-electron chi connectivity index (χ1n) is 7.37. The van der Waals surface area contributed by atoms with E-state index in [9.17, 15) is 0 Å². The fourth-order valence-corrected chi connectivity index (χ4v) is 2.75. The molecule has 4 nitrogen and oxygen atoms in total. The number of likely N-dealkylation sites (tertiary alicyclic amines) is 1. The number of pyridine rings is 1. The van der Waals surface area contributed by atoms with Crippen molar-refractivity contribution in [3.8, 4) is 6.07 Å². The molecule has 1 aliphatic rings. The van der Waals surface area contributed by atoms with Crippen LogP contribution in [0.5, 0.6) is 0 Å². The Labute approximate surface area is 121 Å². The molecule has 1 N–H and O–H groups in total. The molecule has 20 heavy (non-hydrogen) atoms. The third-order valence-electron chi connectivity index (χ3n) is 4.08. The van der Waals surface area contributed by atoms with Crippen LogP contribution >= 0.6 is 0 Å². The molecule has 2 heterocycles. The molecule has 0 bridgehead atoms. The molecular formula is C16H24N4. The van der Waals surface area contributed by atoms with Gasteiger partial charge >= 0.3 is 0 Å². The summed E-state index contributed by atoms with van der Waals surface area (Å²) in [5, 5.41) is 12.2. The number of nitrogens with one attached hydrogen (secondary N) is 1. The summed E-state index contributed by atoms with van der Waals surface area (Å²) in [5.41, 5.74) is 0.554. The average molecular weight is 272 g/mol. The Morgan fingerprint density at radius 2 is 2.30 bits per heavy atom. The quantitative estimate of drug-likeness (QED) is 0.915. The van der Waals surface area contributed by atoms with Crippen LogP contribution in [0.4, 0.5) is 5.82 Å². The molecule has 0 saturated carbocycles. The molecule has 0 aromatic carbocycles. The van der Waals surface area contributed by atoms with E-state index in [1.54, 1.807) is 6.07 Å². The van der Waals surface area contributed by atoms with E-state index < -0.39 is 0 Å². The molecule has 2 rings (SSSR count). The van der Waals surface area contributed by atoms with Crippen molar-refractivity contribution < 1.29 is 0 Å². The molecule has 108 valence electrons. The van der Waals surface area contributed by atoms with Crippen LogP contribution in [0.15, 0.2) is 18.2 Å². The molecule has 0 aliphatic carbocycles. The number of hydrogen-bond acceptors (Lipinski definition) is 4. The molecule has 1 saturated heterocycles. The average Bonchev–Trinajstić information content (AvgIpc) is 2.45. The molecule has 1 aromatic rings. The third-order valence-corrected chi connectivity index (χ3v) is 4.08. The Morgan fingerprint density at radius 1 is 1.50 bits per heavy atom. The number of nitrogens with zero attached hydrogens (tertiary/aromatic N) is 3. The van der Waals surface area contributed by atoms with E-state index in [1.165, 1.54) is 25.9 Å². The van der Waals surface area contributed by atoms with Gasteiger partial charge in [-0.2, -0.15) is 5.26 Å². The van der Waals surface area contributed by atoms with Crippen molar-refractivity contribution >= 4 is 5.82 Å². The van der Waals surface area contributed by atoms with Crippen molar-refractivity contribution in [2.24, 2.45) is 5.92 Å². The highest BCUT2D eigenvalue weighted by Crippen LogP contribution is 2.24. The zero-order chi connectivity index (χ0) is 14.6. The van der Waals surface area contributed by atoms with Crippen molar-refractivity contribution in [3.05, 3.63) is 23.9 Å². The molecule has 1 aliphatic heterocycles. The van der Waals surface area contributed by atoms with Crippen LogP contribution in [-0.2, 0) is 0 Å². The fourth-order valence-electron chi connectivity index (χ4n) is 2.75. The van der Waals surface area contributed by atoms with Crippen molar-refractivity contribution in [1.82, 2.24) is 9.88 Å². The summed E-state index contributed by atoms with van der Waals surface area (Å²) in [6, 6.07) is 7.57. The van der Waals surface area contributed by atoms with E-state index in [2.05, 4.69) is 42.0 Å². The molecule has 4 heteroatoms. The highest BCUT2D eigenvalue weighted by molar-refractivity contribution is 5.38. The van der Waals surface area contributed by atoms with Gasteiger partial charge in [-0.15, -0.1) is 0 Å². The van der Waals surface area contributed by atoms with Gasteiger partial charge in [0, 0.05) is 18.6 Å². The van der Waals surface area contributed by atoms with Gasteiger partial charge in [-0.25, -0.2) is 4.98 Å². The molecular weight excluding hydrogens is 248 g/mol. The summed E-state index contributed by atoms with van der Waals surface area (Å²) in [6.45, 7) is 10.0. The second-order valence-corrected chi connectivity index (χ2v) is 6.38. The Morgan fingerprint density at radius 3 is 3.00 bits per heavy atom. The fraction of sp³-hybridized carbons (Fsp3) is 0.625. The topological polar surface area (TPSA) is 52.0 Å². The number of hydrogen-bond donors (Lipinski definition) is 1. The highest BCUT2D eigenvalue weighted by atomic mass is 15.2. The van der Waals surface area contributed by atoms with Gasteiger partial charge in [0.2, 0.25) is 0 Å². The molecule has 0 amide bonds. The van der Waals surface area contributed by atoms with Gasteiger partial charge in [0.05, 0.1) is 0 Å². The Hall–Kier alpha value is -1.60. The van der Waals surface area contributed by atoms with Crippen LogP contribution in [0.1, 0.15) is 39.3 Å². The number of anilines is 1. The lowest BCUT2D eigenvalue weighted by atomic mass is 9.93. The highest BCUT2D eigenvalue weighted by Gasteiger charge is 2.29. The van der Waals surface area contributed by atoms with Crippen molar-refractivity contribution in [3.63, 3.8) is 0 Å². The number of aromatic nitrogens is 1. The summed E-state index contributed by atoms with van der Waals surface area (Å²) < 4.78 is 0. The third kappa shape index (κ3) is 3.71. The van der Waals surface area contributed by atoms with Gasteiger partial charge in [-0.05, 0) is 51.3 Å². The molecule has 1 unspecified atom stereocenters. The number of nitriles is 1. The maximum Gasteiger partial charge on any atom is 0.142 e. The van der Waals surface area contributed by atoms with Gasteiger partial charge in [0.25, 0.3) is 0 Å². The van der Waals surface area contributed by atoms with E-state index in [0.717, 1.165) is 18.3 Å². The van der Waals surface area contributed by atoms with Crippen molar-refractivity contribution in [2.75, 3.05) is 25.0 Å². The normalized spacial score (nSPS) is 20.4. The Kier molecular flexibility index (Phi) is 4.61. The second-order valence-electron chi connectivity index (χ2n) is 6.38. The van der Waals surface area contributed by atoms with Gasteiger partial charge in [0.1, 0.15) is 17.6 Å². The van der Waals surface area contributed by atoms with Crippen molar-refractivity contribution in [1.29, 1.82) is 5.26 Å². The monoisotopic (exact) mass is 272 g/mol. The van der Waals surface area contributed by atoms with E-state index in [0.29, 0.717) is 5.69 Å². The number of rotatable bonds is 4. The zero-order valence-corrected chi connectivity index (χ0v) is 12.7. The van der Waals surface area contributed by atoms with Crippen LogP contribution < -0.4 is 5.32 Å². The number of piperidine rings is 1. The van der Waals surface area contributed by atoms with E-state index in [1.807, 2.05) is 12.1 Å². The summed E-state index contributed by atoms with van der Waals surface area (Å²) in [6.07, 6.45) is 2.62. The minimum absolute atomic E-state index is 0.0962. The zero-order valence-electron chi connectivity index (χ0n) is 12.7. The molecule has 0 radical (unpaired) electrons. The lowest BCUT2D eigenvalue weighted by Crippen LogP contribution is -2.52. The van der Waals surface area contributed by atoms with E-state index in [4.69, 9.17) is 5.26 Å². The first-order chi connectivity index (χ1) is 9.51. The lowest BCUT2D eigenvalue weighted by molar-refractivity contribution is 0.0800. The smallest absolute Gasteiger partial charge is 0.142 e. The molecule has 1 aromatic heterocycles. The largest absolute Gasteiger partial charge is 0.368 e. The first kappa shape index (κ1) is 14.8. The van der Waals surface area contributed by atoms with Crippen molar-refractivity contribution in [2.45, 2.75) is 39.2 Å². The minimum atomic E-state index is 0.0962. The maximum absolute atomic E-state index is 8.87. The Bertz CT molecular complexity index is 489.